The van der Waals surface area contributed by atoms with Gasteiger partial charge in [0.2, 0.25) is 5.91 Å². The summed E-state index contributed by atoms with van der Waals surface area (Å²) in [5, 5.41) is 5.99. The predicted octanol–water partition coefficient (Wildman–Crippen LogP) is 0.916. The lowest BCUT2D eigenvalue weighted by Crippen LogP contribution is -2.47. The minimum absolute atomic E-state index is 0.0451. The summed E-state index contributed by atoms with van der Waals surface area (Å²) in [6, 6.07) is -0.175. The third-order valence-corrected chi connectivity index (χ3v) is 2.33. The van der Waals surface area contributed by atoms with Gasteiger partial charge < -0.3 is 15.4 Å². The molecule has 4 nitrogen and oxygen atoms in total. The van der Waals surface area contributed by atoms with Crippen molar-refractivity contribution in [1.29, 1.82) is 0 Å². The molecule has 0 saturated heterocycles. The second kappa shape index (κ2) is 6.80. The van der Waals surface area contributed by atoms with Crippen LogP contribution in [0.25, 0.3) is 0 Å². The molecule has 0 aliphatic rings. The maximum Gasteiger partial charge on any atom is 0.236 e. The van der Waals surface area contributed by atoms with Gasteiger partial charge in [-0.05, 0) is 27.2 Å². The Bertz CT molecular complexity index is 193. The maximum absolute atomic E-state index is 11.5. The molecule has 0 rings (SSSR count). The molecule has 2 N–H and O–H groups in total. The normalized spacial score (nSPS) is 13.7. The zero-order valence-electron chi connectivity index (χ0n) is 10.5. The molecule has 0 aliphatic carbocycles. The first kappa shape index (κ1) is 14.4. The third-order valence-electron chi connectivity index (χ3n) is 2.33. The highest BCUT2D eigenvalue weighted by Crippen LogP contribution is 2.05. The van der Waals surface area contributed by atoms with Crippen LogP contribution >= 0.6 is 0 Å². The number of carbonyl (C=O) groups is 1. The van der Waals surface area contributed by atoms with Crippen molar-refractivity contribution < 1.29 is 9.53 Å². The monoisotopic (exact) mass is 216 g/mol. The van der Waals surface area contributed by atoms with Crippen molar-refractivity contribution in [2.24, 2.45) is 0 Å². The van der Waals surface area contributed by atoms with Gasteiger partial charge in [0.1, 0.15) is 0 Å². The van der Waals surface area contributed by atoms with Crippen LogP contribution in [0.3, 0.4) is 0 Å². The van der Waals surface area contributed by atoms with Crippen LogP contribution < -0.4 is 10.6 Å². The van der Waals surface area contributed by atoms with Crippen molar-refractivity contribution in [3.8, 4) is 0 Å². The van der Waals surface area contributed by atoms with Gasteiger partial charge in [-0.1, -0.05) is 6.92 Å². The Kier molecular flexibility index (Phi) is 6.52. The van der Waals surface area contributed by atoms with Gasteiger partial charge in [0.25, 0.3) is 0 Å². The zero-order valence-corrected chi connectivity index (χ0v) is 10.5. The van der Waals surface area contributed by atoms with Crippen molar-refractivity contribution in [1.82, 2.24) is 10.6 Å². The van der Waals surface area contributed by atoms with Gasteiger partial charge in [-0.2, -0.15) is 0 Å². The lowest BCUT2D eigenvalue weighted by molar-refractivity contribution is -0.123. The van der Waals surface area contributed by atoms with Crippen molar-refractivity contribution in [2.75, 3.05) is 20.2 Å². The van der Waals surface area contributed by atoms with Crippen LogP contribution in [0.4, 0.5) is 0 Å². The lowest BCUT2D eigenvalue weighted by atomic mass is 10.1. The molecular formula is C11H24N2O2. The number of ether oxygens (including phenoxy) is 1. The van der Waals surface area contributed by atoms with Crippen LogP contribution in [0.2, 0.25) is 0 Å². The van der Waals surface area contributed by atoms with Crippen LogP contribution in [0.1, 0.15) is 34.1 Å². The number of hydrogen-bond acceptors (Lipinski definition) is 3. The molecule has 0 saturated carbocycles. The Balaban J connectivity index is 3.82. The Morgan fingerprint density at radius 3 is 2.53 bits per heavy atom. The number of carbonyl (C=O) groups excluding carboxylic acids is 1. The van der Waals surface area contributed by atoms with Crippen LogP contribution in [-0.2, 0) is 9.53 Å². The first-order valence-electron chi connectivity index (χ1n) is 5.49. The summed E-state index contributed by atoms with van der Waals surface area (Å²) in [4.78, 5) is 11.5. The van der Waals surface area contributed by atoms with E-state index in [2.05, 4.69) is 10.6 Å². The molecule has 0 aliphatic heterocycles. The lowest BCUT2D eigenvalue weighted by Gasteiger charge is -2.25. The van der Waals surface area contributed by atoms with Gasteiger partial charge >= 0.3 is 0 Å². The minimum Gasteiger partial charge on any atom is -0.377 e. The molecule has 0 heterocycles. The molecule has 0 aromatic carbocycles. The average Bonchev–Trinajstić information content (AvgIpc) is 2.22. The number of amides is 1. The summed E-state index contributed by atoms with van der Waals surface area (Å²) in [6.45, 7) is 9.25. The van der Waals surface area contributed by atoms with Gasteiger partial charge in [0.05, 0.1) is 11.6 Å². The van der Waals surface area contributed by atoms with E-state index in [9.17, 15) is 4.79 Å². The summed E-state index contributed by atoms with van der Waals surface area (Å²) < 4.78 is 5.25. The van der Waals surface area contributed by atoms with E-state index in [1.165, 1.54) is 0 Å². The highest BCUT2D eigenvalue weighted by Gasteiger charge is 2.19. The number of methoxy groups -OCH3 is 1. The summed E-state index contributed by atoms with van der Waals surface area (Å²) in [5.74, 6) is 0.0451. The Morgan fingerprint density at radius 2 is 2.07 bits per heavy atom. The molecule has 0 aromatic rings. The van der Waals surface area contributed by atoms with E-state index in [0.717, 1.165) is 13.0 Å². The summed E-state index contributed by atoms with van der Waals surface area (Å²) in [7, 11) is 1.67. The first-order valence-corrected chi connectivity index (χ1v) is 5.49. The molecule has 0 fully saturated rings. The summed E-state index contributed by atoms with van der Waals surface area (Å²) in [6.07, 6.45) is 0.960. The molecule has 1 amide bonds. The van der Waals surface area contributed by atoms with Gasteiger partial charge in [0, 0.05) is 20.2 Å². The molecule has 4 heteroatoms. The van der Waals surface area contributed by atoms with Crippen LogP contribution in [0.15, 0.2) is 0 Å². The smallest absolute Gasteiger partial charge is 0.236 e. The molecular weight excluding hydrogens is 192 g/mol. The minimum atomic E-state index is -0.237. The van der Waals surface area contributed by atoms with Gasteiger partial charge in [-0.25, -0.2) is 0 Å². The van der Waals surface area contributed by atoms with E-state index in [1.807, 2.05) is 27.7 Å². The van der Waals surface area contributed by atoms with E-state index >= 15 is 0 Å². The highest BCUT2D eigenvalue weighted by molar-refractivity contribution is 5.81. The molecule has 0 aromatic heterocycles. The van der Waals surface area contributed by atoms with Crippen molar-refractivity contribution in [3.63, 3.8) is 0 Å². The van der Waals surface area contributed by atoms with Gasteiger partial charge in [-0.3, -0.25) is 4.79 Å². The standard InChI is InChI=1S/C11H24N2O2/c1-6-7-12-10(14)9(2)13-8-11(3,4)15-5/h9,13H,6-8H2,1-5H3,(H,12,14). The van der Waals surface area contributed by atoms with Gasteiger partial charge in [0.15, 0.2) is 0 Å². The second-order valence-electron chi connectivity index (χ2n) is 4.36. The van der Waals surface area contributed by atoms with E-state index in [-0.39, 0.29) is 17.6 Å². The van der Waals surface area contributed by atoms with E-state index < -0.39 is 0 Å². The van der Waals surface area contributed by atoms with Gasteiger partial charge in [-0.15, -0.1) is 0 Å². The summed E-state index contributed by atoms with van der Waals surface area (Å²) >= 11 is 0. The molecule has 90 valence electrons. The third kappa shape index (κ3) is 6.47. The van der Waals surface area contributed by atoms with E-state index in [1.54, 1.807) is 7.11 Å². The fourth-order valence-electron chi connectivity index (χ4n) is 0.965. The summed E-state index contributed by atoms with van der Waals surface area (Å²) in [5.41, 5.74) is -0.237. The number of nitrogens with one attached hydrogen (secondary N) is 2. The molecule has 15 heavy (non-hydrogen) atoms. The average molecular weight is 216 g/mol. The Hall–Kier alpha value is -0.610. The fourth-order valence-corrected chi connectivity index (χ4v) is 0.965. The van der Waals surface area contributed by atoms with Crippen molar-refractivity contribution in [2.45, 2.75) is 45.8 Å². The van der Waals surface area contributed by atoms with Crippen LogP contribution in [0.5, 0.6) is 0 Å². The molecule has 1 atom stereocenters. The van der Waals surface area contributed by atoms with E-state index in [4.69, 9.17) is 4.74 Å². The molecule has 0 spiro atoms. The second-order valence-corrected chi connectivity index (χ2v) is 4.36. The largest absolute Gasteiger partial charge is 0.377 e. The maximum atomic E-state index is 11.5. The first-order chi connectivity index (χ1) is 6.93. The molecule has 1 unspecified atom stereocenters. The Morgan fingerprint density at radius 1 is 1.47 bits per heavy atom. The van der Waals surface area contributed by atoms with Crippen LogP contribution in [0, 0.1) is 0 Å². The van der Waals surface area contributed by atoms with E-state index in [0.29, 0.717) is 6.54 Å². The fraction of sp³-hybridized carbons (Fsp3) is 0.909. The SMILES string of the molecule is CCCNC(=O)C(C)NCC(C)(C)OC. The quantitative estimate of drug-likeness (QED) is 0.665. The zero-order chi connectivity index (χ0) is 11.9. The topological polar surface area (TPSA) is 50.4 Å². The Labute approximate surface area is 92.8 Å². The highest BCUT2D eigenvalue weighted by atomic mass is 16.5. The predicted molar refractivity (Wildman–Crippen MR) is 61.9 cm³/mol. The number of hydrogen-bond donors (Lipinski definition) is 2. The van der Waals surface area contributed by atoms with Crippen molar-refractivity contribution >= 4 is 5.91 Å². The number of rotatable bonds is 7. The van der Waals surface area contributed by atoms with Crippen molar-refractivity contribution in [3.05, 3.63) is 0 Å². The molecule has 0 bridgehead atoms. The van der Waals surface area contributed by atoms with Crippen LogP contribution in [-0.4, -0.2) is 37.7 Å². The molecule has 0 radical (unpaired) electrons.